The molecule has 1 N–H and O–H groups in total. The predicted molar refractivity (Wildman–Crippen MR) is 71.1 cm³/mol. The molecule has 0 aromatic carbocycles. The zero-order chi connectivity index (χ0) is 13.8. The summed E-state index contributed by atoms with van der Waals surface area (Å²) in [6.07, 6.45) is 3.06. The molecule has 108 valence electrons. The Hall–Kier alpha value is -1.30. The molecule has 2 aliphatic rings. The van der Waals surface area contributed by atoms with Crippen molar-refractivity contribution < 1.29 is 14.7 Å². The first-order chi connectivity index (χ1) is 9.08. The van der Waals surface area contributed by atoms with Gasteiger partial charge < -0.3 is 14.9 Å². The van der Waals surface area contributed by atoms with Gasteiger partial charge in [-0.1, -0.05) is 0 Å². The van der Waals surface area contributed by atoms with Crippen molar-refractivity contribution in [3.8, 4) is 0 Å². The van der Waals surface area contributed by atoms with Crippen LogP contribution in [0.5, 0.6) is 0 Å². The molecule has 2 rings (SSSR count). The fraction of sp³-hybridized carbons (Fsp3) is 0.846. The molecule has 6 nitrogen and oxygen atoms in total. The highest BCUT2D eigenvalue weighted by Crippen LogP contribution is 2.21. The van der Waals surface area contributed by atoms with E-state index >= 15 is 0 Å². The summed E-state index contributed by atoms with van der Waals surface area (Å²) in [6, 6.07) is 0.571. The topological polar surface area (TPSA) is 64.1 Å². The molecule has 0 aromatic heterocycles. The number of amides is 2. The zero-order valence-corrected chi connectivity index (χ0v) is 11.5. The van der Waals surface area contributed by atoms with E-state index < -0.39 is 5.97 Å². The molecule has 2 amide bonds. The van der Waals surface area contributed by atoms with E-state index in [0.717, 1.165) is 19.6 Å². The number of hydrogen-bond donors (Lipinski definition) is 1. The molecule has 1 unspecified atom stereocenters. The number of nitrogens with zero attached hydrogens (tertiary/aromatic N) is 3. The summed E-state index contributed by atoms with van der Waals surface area (Å²) >= 11 is 0. The number of carboxylic acid groups (broad SMARTS) is 1. The smallest absolute Gasteiger partial charge is 0.319 e. The van der Waals surface area contributed by atoms with Crippen LogP contribution in [0.15, 0.2) is 0 Å². The van der Waals surface area contributed by atoms with Crippen molar-refractivity contribution in [3.63, 3.8) is 0 Å². The summed E-state index contributed by atoms with van der Waals surface area (Å²) in [5.74, 6) is -0.805. The van der Waals surface area contributed by atoms with Crippen LogP contribution in [0, 0.1) is 0 Å². The highest BCUT2D eigenvalue weighted by Gasteiger charge is 2.33. The van der Waals surface area contributed by atoms with Crippen LogP contribution in [0.25, 0.3) is 0 Å². The Morgan fingerprint density at radius 3 is 2.84 bits per heavy atom. The normalized spacial score (nSPS) is 23.2. The Balaban J connectivity index is 1.77. The fourth-order valence-corrected chi connectivity index (χ4v) is 2.97. The average Bonchev–Trinajstić information content (AvgIpc) is 2.84. The zero-order valence-electron chi connectivity index (χ0n) is 11.5. The first-order valence-corrected chi connectivity index (χ1v) is 7.04. The number of rotatable bonds is 4. The minimum Gasteiger partial charge on any atom is -0.481 e. The number of fused-ring (bicyclic) bond motifs is 1. The van der Waals surface area contributed by atoms with Crippen LogP contribution in [0.1, 0.15) is 25.7 Å². The molecular weight excluding hydrogens is 246 g/mol. The molecule has 0 bridgehead atoms. The summed E-state index contributed by atoms with van der Waals surface area (Å²) in [6.45, 7) is 4.26. The van der Waals surface area contributed by atoms with E-state index in [2.05, 4.69) is 4.90 Å². The minimum absolute atomic E-state index is 0.0388. The lowest BCUT2D eigenvalue weighted by Crippen LogP contribution is -2.54. The molecule has 2 aliphatic heterocycles. The first-order valence-electron chi connectivity index (χ1n) is 7.04. The molecule has 0 aliphatic carbocycles. The van der Waals surface area contributed by atoms with Gasteiger partial charge in [0.15, 0.2) is 0 Å². The number of urea groups is 1. The van der Waals surface area contributed by atoms with Crippen molar-refractivity contribution in [2.45, 2.75) is 31.7 Å². The maximum absolute atomic E-state index is 12.2. The van der Waals surface area contributed by atoms with Crippen molar-refractivity contribution in [2.24, 2.45) is 0 Å². The van der Waals surface area contributed by atoms with Gasteiger partial charge in [0.1, 0.15) is 0 Å². The Labute approximate surface area is 114 Å². The molecule has 0 radical (unpaired) electrons. The molecule has 2 fully saturated rings. The summed E-state index contributed by atoms with van der Waals surface area (Å²) < 4.78 is 0. The van der Waals surface area contributed by atoms with Gasteiger partial charge in [-0.05, 0) is 25.8 Å². The standard InChI is InChI=1S/C13H23N3O3/c1-14(6-3-5-12(17)18)13(19)16-9-8-15-7-2-4-11(15)10-16/h11H,2-10H2,1H3,(H,17,18). The number of carboxylic acids is 1. The Kier molecular flexibility index (Phi) is 4.63. The van der Waals surface area contributed by atoms with E-state index in [4.69, 9.17) is 5.11 Å². The van der Waals surface area contributed by atoms with Crippen LogP contribution >= 0.6 is 0 Å². The Bertz CT molecular complexity index is 348. The van der Waals surface area contributed by atoms with Gasteiger partial charge in [-0.3, -0.25) is 9.69 Å². The summed E-state index contributed by atoms with van der Waals surface area (Å²) in [5, 5.41) is 8.60. The highest BCUT2D eigenvalue weighted by atomic mass is 16.4. The van der Waals surface area contributed by atoms with E-state index in [9.17, 15) is 9.59 Å². The van der Waals surface area contributed by atoms with Gasteiger partial charge in [-0.25, -0.2) is 4.79 Å². The molecule has 19 heavy (non-hydrogen) atoms. The third-order valence-electron chi connectivity index (χ3n) is 4.07. The van der Waals surface area contributed by atoms with Gasteiger partial charge in [-0.2, -0.15) is 0 Å². The van der Waals surface area contributed by atoms with Crippen molar-refractivity contribution >= 4 is 12.0 Å². The van der Waals surface area contributed by atoms with E-state index in [1.807, 2.05) is 4.90 Å². The Morgan fingerprint density at radius 1 is 1.32 bits per heavy atom. The van der Waals surface area contributed by atoms with Crippen LogP contribution in [0.2, 0.25) is 0 Å². The van der Waals surface area contributed by atoms with Gasteiger partial charge in [0.05, 0.1) is 0 Å². The quantitative estimate of drug-likeness (QED) is 0.815. The third kappa shape index (κ3) is 3.59. The van der Waals surface area contributed by atoms with Crippen LogP contribution < -0.4 is 0 Å². The van der Waals surface area contributed by atoms with Crippen molar-refractivity contribution in [3.05, 3.63) is 0 Å². The molecule has 1 atom stereocenters. The van der Waals surface area contributed by atoms with Crippen molar-refractivity contribution in [2.75, 3.05) is 39.8 Å². The van der Waals surface area contributed by atoms with Gasteiger partial charge in [0.25, 0.3) is 0 Å². The van der Waals surface area contributed by atoms with Gasteiger partial charge >= 0.3 is 12.0 Å². The monoisotopic (exact) mass is 269 g/mol. The molecule has 2 heterocycles. The number of carbonyl (C=O) groups excluding carboxylic acids is 1. The number of hydrogen-bond acceptors (Lipinski definition) is 3. The molecule has 6 heteroatoms. The molecule has 0 spiro atoms. The third-order valence-corrected chi connectivity index (χ3v) is 4.07. The largest absolute Gasteiger partial charge is 0.481 e. The van der Waals surface area contributed by atoms with Crippen molar-refractivity contribution in [1.82, 2.24) is 14.7 Å². The number of aliphatic carboxylic acids is 1. The fourth-order valence-electron chi connectivity index (χ4n) is 2.97. The number of carbonyl (C=O) groups is 2. The van der Waals surface area contributed by atoms with Crippen LogP contribution in [-0.2, 0) is 4.79 Å². The highest BCUT2D eigenvalue weighted by molar-refractivity contribution is 5.74. The minimum atomic E-state index is -0.805. The van der Waals surface area contributed by atoms with E-state index in [0.29, 0.717) is 19.0 Å². The SMILES string of the molecule is CN(CCCC(=O)O)C(=O)N1CCN2CCCC2C1. The van der Waals surface area contributed by atoms with Crippen LogP contribution in [-0.4, -0.2) is 77.6 Å². The lowest BCUT2D eigenvalue weighted by atomic mass is 10.1. The summed E-state index contributed by atoms with van der Waals surface area (Å²) in [5.41, 5.74) is 0. The molecule has 0 saturated carbocycles. The second kappa shape index (κ2) is 6.23. The molecule has 2 saturated heterocycles. The lowest BCUT2D eigenvalue weighted by molar-refractivity contribution is -0.137. The second-order valence-electron chi connectivity index (χ2n) is 5.48. The van der Waals surface area contributed by atoms with Crippen LogP contribution in [0.3, 0.4) is 0 Å². The van der Waals surface area contributed by atoms with Gasteiger partial charge in [0, 0.05) is 45.7 Å². The van der Waals surface area contributed by atoms with E-state index in [1.165, 1.54) is 19.4 Å². The maximum atomic E-state index is 12.2. The first kappa shape index (κ1) is 14.1. The predicted octanol–water partition coefficient (Wildman–Crippen LogP) is 0.683. The number of piperazine rings is 1. The molecular formula is C13H23N3O3. The Morgan fingerprint density at radius 2 is 2.11 bits per heavy atom. The van der Waals surface area contributed by atoms with Gasteiger partial charge in [-0.15, -0.1) is 0 Å². The summed E-state index contributed by atoms with van der Waals surface area (Å²) in [7, 11) is 1.76. The second-order valence-corrected chi connectivity index (χ2v) is 5.48. The maximum Gasteiger partial charge on any atom is 0.319 e. The van der Waals surface area contributed by atoms with Gasteiger partial charge in [0.2, 0.25) is 0 Å². The molecule has 0 aromatic rings. The summed E-state index contributed by atoms with van der Waals surface area (Å²) in [4.78, 5) is 28.7. The average molecular weight is 269 g/mol. The lowest BCUT2D eigenvalue weighted by Gasteiger charge is -2.39. The van der Waals surface area contributed by atoms with Crippen LogP contribution in [0.4, 0.5) is 4.79 Å². The van der Waals surface area contributed by atoms with Crippen molar-refractivity contribution in [1.29, 1.82) is 0 Å². The van der Waals surface area contributed by atoms with E-state index in [-0.39, 0.29) is 12.5 Å². The van der Waals surface area contributed by atoms with E-state index in [1.54, 1.807) is 11.9 Å².